The highest BCUT2D eigenvalue weighted by Gasteiger charge is 2.74. The van der Waals surface area contributed by atoms with E-state index in [9.17, 15) is 19.1 Å². The van der Waals surface area contributed by atoms with Crippen molar-refractivity contribution in [2.75, 3.05) is 6.67 Å². The Balaban J connectivity index is 1.84. The Bertz CT molecular complexity index is 819. The summed E-state index contributed by atoms with van der Waals surface area (Å²) in [5, 5.41) is 11.3. The van der Waals surface area contributed by atoms with Gasteiger partial charge in [0.05, 0.1) is 6.10 Å². The molecule has 0 aromatic rings. The summed E-state index contributed by atoms with van der Waals surface area (Å²) in [5.41, 5.74) is -3.74. The minimum atomic E-state index is -1.90. The zero-order chi connectivity index (χ0) is 21.4. The second-order valence-electron chi connectivity index (χ2n) is 10.4. The lowest BCUT2D eigenvalue weighted by molar-refractivity contribution is -0.205. The Hall–Kier alpha value is -1.36. The molecular formula is C24H32F2O3. The van der Waals surface area contributed by atoms with Crippen molar-refractivity contribution in [3.8, 4) is 0 Å². The van der Waals surface area contributed by atoms with E-state index in [0.717, 1.165) is 12.0 Å². The van der Waals surface area contributed by atoms with E-state index in [2.05, 4.69) is 0 Å². The third-order valence-corrected chi connectivity index (χ3v) is 9.77. The van der Waals surface area contributed by atoms with Crippen LogP contribution in [0.15, 0.2) is 23.8 Å². The van der Waals surface area contributed by atoms with Crippen molar-refractivity contribution in [1.29, 1.82) is 0 Å². The highest BCUT2D eigenvalue weighted by molar-refractivity contribution is 6.01. The minimum Gasteiger partial charge on any atom is -0.390 e. The second kappa shape index (κ2) is 6.32. The fraction of sp³-hybridized carbons (Fsp3) is 0.750. The highest BCUT2D eigenvalue weighted by Crippen LogP contribution is 2.73. The smallest absolute Gasteiger partial charge is 0.178 e. The monoisotopic (exact) mass is 406 g/mol. The van der Waals surface area contributed by atoms with Gasteiger partial charge in [0.2, 0.25) is 0 Å². The number of allylic oxidation sites excluding steroid dienone is 4. The first-order chi connectivity index (χ1) is 13.5. The van der Waals surface area contributed by atoms with E-state index in [1.807, 2.05) is 20.8 Å². The van der Waals surface area contributed by atoms with Crippen LogP contribution in [0, 0.1) is 34.0 Å². The molecule has 0 aliphatic heterocycles. The van der Waals surface area contributed by atoms with Crippen LogP contribution < -0.4 is 0 Å². The molecule has 8 atom stereocenters. The number of halogens is 2. The molecule has 0 aromatic carbocycles. The zero-order valence-corrected chi connectivity index (χ0v) is 17.8. The molecular weight excluding hydrogens is 374 g/mol. The molecule has 3 fully saturated rings. The molecule has 0 bridgehead atoms. The van der Waals surface area contributed by atoms with Crippen molar-refractivity contribution in [2.45, 2.75) is 71.6 Å². The van der Waals surface area contributed by atoms with Crippen LogP contribution in [-0.2, 0) is 9.59 Å². The normalized spacial score (nSPS) is 51.1. The van der Waals surface area contributed by atoms with Gasteiger partial charge in [-0.3, -0.25) is 9.59 Å². The van der Waals surface area contributed by atoms with E-state index in [-0.39, 0.29) is 24.0 Å². The van der Waals surface area contributed by atoms with E-state index in [1.54, 1.807) is 13.0 Å². The number of fused-ring (bicyclic) bond motifs is 5. The maximum atomic E-state index is 17.0. The van der Waals surface area contributed by atoms with Crippen LogP contribution >= 0.6 is 0 Å². The average molecular weight is 407 g/mol. The summed E-state index contributed by atoms with van der Waals surface area (Å²) in [4.78, 5) is 24.7. The number of ketones is 2. The molecule has 160 valence electrons. The average Bonchev–Trinajstić information content (AvgIpc) is 2.91. The lowest BCUT2D eigenvalue weighted by Gasteiger charge is -2.63. The maximum absolute atomic E-state index is 17.0. The van der Waals surface area contributed by atoms with Crippen LogP contribution in [0.1, 0.15) is 59.8 Å². The Morgan fingerprint density at radius 2 is 1.97 bits per heavy atom. The first-order valence-corrected chi connectivity index (χ1v) is 10.9. The number of aliphatic hydroxyl groups excluding tert-OH is 1. The molecule has 0 saturated heterocycles. The number of rotatable bonds is 3. The van der Waals surface area contributed by atoms with E-state index < -0.39 is 46.4 Å². The summed E-state index contributed by atoms with van der Waals surface area (Å²) in [7, 11) is 0. The van der Waals surface area contributed by atoms with Gasteiger partial charge in [-0.15, -0.1) is 0 Å². The van der Waals surface area contributed by atoms with Gasteiger partial charge in [-0.05, 0) is 62.0 Å². The molecule has 0 heterocycles. The fourth-order valence-electron chi connectivity index (χ4n) is 7.86. The van der Waals surface area contributed by atoms with E-state index in [4.69, 9.17) is 0 Å². The van der Waals surface area contributed by atoms with Crippen LogP contribution in [0.2, 0.25) is 0 Å². The van der Waals surface area contributed by atoms with Gasteiger partial charge in [0.25, 0.3) is 0 Å². The van der Waals surface area contributed by atoms with Crippen LogP contribution in [0.4, 0.5) is 8.78 Å². The van der Waals surface area contributed by atoms with Crippen molar-refractivity contribution in [2.24, 2.45) is 34.0 Å². The summed E-state index contributed by atoms with van der Waals surface area (Å²) < 4.78 is 30.6. The van der Waals surface area contributed by atoms with E-state index >= 15 is 4.39 Å². The van der Waals surface area contributed by atoms with Crippen molar-refractivity contribution < 1.29 is 23.5 Å². The quantitative estimate of drug-likeness (QED) is 0.749. The third-order valence-electron chi connectivity index (χ3n) is 9.77. The van der Waals surface area contributed by atoms with Crippen molar-refractivity contribution in [3.05, 3.63) is 23.8 Å². The van der Waals surface area contributed by atoms with E-state index in [1.165, 1.54) is 12.2 Å². The number of alkyl halides is 2. The summed E-state index contributed by atoms with van der Waals surface area (Å²) in [6, 6.07) is 0. The molecule has 0 spiro atoms. The molecule has 0 radical (unpaired) electrons. The Kier molecular flexibility index (Phi) is 4.55. The van der Waals surface area contributed by atoms with Crippen LogP contribution in [0.5, 0.6) is 0 Å². The van der Waals surface area contributed by atoms with E-state index in [0.29, 0.717) is 19.3 Å². The number of carbonyl (C=O) groups is 2. The summed E-state index contributed by atoms with van der Waals surface area (Å²) >= 11 is 0. The minimum absolute atomic E-state index is 0.0245. The predicted octanol–water partition coefficient (Wildman–Crippen LogP) is 4.54. The van der Waals surface area contributed by atoms with Crippen molar-refractivity contribution in [3.63, 3.8) is 0 Å². The molecule has 0 unspecified atom stereocenters. The Labute approximate surface area is 171 Å². The summed E-state index contributed by atoms with van der Waals surface area (Å²) in [6.45, 7) is 6.59. The van der Waals surface area contributed by atoms with Gasteiger partial charge in [-0.25, -0.2) is 8.78 Å². The number of hydrogen-bond donors (Lipinski definition) is 1. The highest BCUT2D eigenvalue weighted by atomic mass is 19.1. The molecule has 3 saturated carbocycles. The van der Waals surface area contributed by atoms with Crippen LogP contribution in [0.25, 0.3) is 0 Å². The lowest BCUT2D eigenvalue weighted by atomic mass is 9.43. The molecule has 3 nitrogen and oxygen atoms in total. The predicted molar refractivity (Wildman–Crippen MR) is 107 cm³/mol. The first-order valence-electron chi connectivity index (χ1n) is 10.9. The molecule has 0 aromatic heterocycles. The van der Waals surface area contributed by atoms with Crippen LogP contribution in [0.3, 0.4) is 0 Å². The Morgan fingerprint density at radius 1 is 1.28 bits per heavy atom. The summed E-state index contributed by atoms with van der Waals surface area (Å²) in [6.07, 6.45) is 5.98. The van der Waals surface area contributed by atoms with Gasteiger partial charge in [0.15, 0.2) is 17.2 Å². The molecule has 0 amide bonds. The topological polar surface area (TPSA) is 54.4 Å². The zero-order valence-electron chi connectivity index (χ0n) is 17.8. The molecule has 4 aliphatic rings. The third kappa shape index (κ3) is 2.26. The first kappa shape index (κ1) is 20.9. The van der Waals surface area contributed by atoms with Gasteiger partial charge < -0.3 is 5.11 Å². The van der Waals surface area contributed by atoms with Crippen LogP contribution in [-0.4, -0.2) is 35.1 Å². The molecule has 4 aliphatic carbocycles. The molecule has 5 heteroatoms. The number of carbonyl (C=O) groups excluding carboxylic acids is 2. The number of hydrogen-bond acceptors (Lipinski definition) is 3. The van der Waals surface area contributed by atoms with Gasteiger partial charge in [-0.1, -0.05) is 38.8 Å². The number of aliphatic hydroxyl groups is 1. The fourth-order valence-corrected chi connectivity index (χ4v) is 7.86. The molecule has 4 rings (SSSR count). The SMILES string of the molecule is CC[C@@H]1C[C@H]2[C@@H]3CCC4=CC(=O)C=C[C@]4(C)[C@@]3(F)[C@@H](O)C[C@]2(C)[C@@]1(C)C(=O)CF. The summed E-state index contributed by atoms with van der Waals surface area (Å²) in [5.74, 6) is -1.12. The van der Waals surface area contributed by atoms with Gasteiger partial charge in [-0.2, -0.15) is 0 Å². The largest absolute Gasteiger partial charge is 0.390 e. The maximum Gasteiger partial charge on any atom is 0.178 e. The van der Waals surface area contributed by atoms with Gasteiger partial charge >= 0.3 is 0 Å². The molecule has 29 heavy (non-hydrogen) atoms. The second-order valence-corrected chi connectivity index (χ2v) is 10.4. The molecule has 1 N–H and O–H groups in total. The van der Waals surface area contributed by atoms with Crippen molar-refractivity contribution in [1.82, 2.24) is 0 Å². The van der Waals surface area contributed by atoms with Gasteiger partial charge in [0.1, 0.15) is 6.67 Å². The van der Waals surface area contributed by atoms with Crippen molar-refractivity contribution >= 4 is 11.6 Å². The van der Waals surface area contributed by atoms with Gasteiger partial charge in [0, 0.05) is 16.7 Å². The standard InChI is InChI=1S/C24H32F2O3/c1-5-14-11-18-17-7-6-15-10-16(27)8-9-21(15,2)24(17,26)19(28)12-22(18,3)23(14,4)20(29)13-25/h8-10,14,17-19,28H,5-7,11-13H2,1-4H3/t14-,17+,18+,19+,21+,22+,23-,24+/m1/s1. The Morgan fingerprint density at radius 3 is 2.59 bits per heavy atom. The number of Topliss-reactive ketones (excluding diaryl/α,β-unsaturated/α-hetero) is 1. The lowest BCUT2D eigenvalue weighted by Crippen LogP contribution is -2.67.